The van der Waals surface area contributed by atoms with Crippen molar-refractivity contribution in [3.63, 3.8) is 0 Å². The smallest absolute Gasteiger partial charge is 0.319 e. The first-order valence-corrected chi connectivity index (χ1v) is 19.4. The maximum Gasteiger partial charge on any atom is 0.319 e. The first-order chi connectivity index (χ1) is 25.5. The number of nitrogen functional groups attached to an aromatic ring is 1. The van der Waals surface area contributed by atoms with Crippen LogP contribution in [0, 0.1) is 29.0 Å². The summed E-state index contributed by atoms with van der Waals surface area (Å²) in [6.45, 7) is 8.15. The van der Waals surface area contributed by atoms with E-state index in [1.807, 2.05) is 17.9 Å². The van der Waals surface area contributed by atoms with E-state index in [1.165, 1.54) is 26.2 Å². The molecule has 0 bridgehead atoms. The Morgan fingerprint density at radius 3 is 2.60 bits per heavy atom. The summed E-state index contributed by atoms with van der Waals surface area (Å²) in [5.74, 6) is 0.0969. The van der Waals surface area contributed by atoms with Gasteiger partial charge < -0.3 is 40.1 Å². The number of pyridine rings is 1. The molecule has 3 saturated carbocycles. The molecule has 4 N–H and O–H groups in total. The molecule has 0 amide bonds. The molecule has 6 fully saturated rings. The van der Waals surface area contributed by atoms with Gasteiger partial charge in [-0.05, 0) is 94.9 Å². The number of β-amino-alcohol motifs (C(OH)–C–C–N with tert-alkyl or cyclic N) is 1. The zero-order chi connectivity index (χ0) is 36.7. The van der Waals surface area contributed by atoms with E-state index < -0.39 is 11.4 Å². The van der Waals surface area contributed by atoms with Gasteiger partial charge in [0, 0.05) is 52.5 Å². The topological polar surface area (TPSA) is 152 Å². The number of aryl methyl sites for hydroxylation is 1. The maximum atomic E-state index is 17.5. The number of fused-ring (bicyclic) bond motifs is 2. The number of methoxy groups -OCH3 is 1. The van der Waals surface area contributed by atoms with Crippen LogP contribution in [-0.2, 0) is 9.47 Å². The van der Waals surface area contributed by atoms with Crippen LogP contribution in [0.2, 0.25) is 0 Å². The van der Waals surface area contributed by atoms with E-state index in [1.54, 1.807) is 6.92 Å². The van der Waals surface area contributed by atoms with Crippen LogP contribution in [0.4, 0.5) is 15.9 Å². The van der Waals surface area contributed by atoms with Gasteiger partial charge >= 0.3 is 6.01 Å². The Hall–Kier alpha value is -3.65. The number of anilines is 2. The van der Waals surface area contributed by atoms with Crippen molar-refractivity contribution in [3.8, 4) is 23.1 Å². The number of hydrogen-bond donors (Lipinski definition) is 3. The Bertz CT molecular complexity index is 1940. The summed E-state index contributed by atoms with van der Waals surface area (Å²) in [5, 5.41) is 19.8. The Kier molecular flexibility index (Phi) is 8.60. The average Bonchev–Trinajstić information content (AvgIpc) is 3.87. The number of ether oxygens (including phenoxy) is 4. The van der Waals surface area contributed by atoms with Gasteiger partial charge in [-0.3, -0.25) is 4.90 Å². The number of halogens is 1. The van der Waals surface area contributed by atoms with E-state index in [0.29, 0.717) is 65.3 Å². The van der Waals surface area contributed by atoms with Gasteiger partial charge in [0.05, 0.1) is 46.7 Å². The molecular formula is C40H52FN7O5. The Balaban J connectivity index is 1.14. The molecule has 1 spiro atoms. The molecule has 13 heteroatoms. The third-order valence-corrected chi connectivity index (χ3v) is 13.1. The van der Waals surface area contributed by atoms with E-state index in [-0.39, 0.29) is 47.6 Å². The summed E-state index contributed by atoms with van der Waals surface area (Å²) in [4.78, 5) is 19.3. The van der Waals surface area contributed by atoms with Crippen LogP contribution < -0.4 is 20.1 Å². The fourth-order valence-corrected chi connectivity index (χ4v) is 10.5. The molecule has 6 aliphatic rings. The van der Waals surface area contributed by atoms with Crippen molar-refractivity contribution in [2.75, 3.05) is 70.4 Å². The number of hydrogen-bond acceptors (Lipinski definition) is 12. The minimum atomic E-state index is -1.18. The minimum Gasteiger partial charge on any atom is -0.480 e. The number of nitrogens with zero attached hydrogens (tertiary/aromatic N) is 5. The number of nitrogens with one attached hydrogen (secondary N) is 1. The highest BCUT2D eigenvalue weighted by Crippen LogP contribution is 2.55. The molecule has 3 aromatic rings. The van der Waals surface area contributed by atoms with Crippen LogP contribution in [0.3, 0.4) is 0 Å². The molecule has 12 nitrogen and oxygen atoms in total. The van der Waals surface area contributed by atoms with Gasteiger partial charge in [0.2, 0.25) is 5.88 Å². The summed E-state index contributed by atoms with van der Waals surface area (Å²) in [5.41, 5.74) is 8.92. The van der Waals surface area contributed by atoms with Crippen LogP contribution in [0.25, 0.3) is 22.2 Å². The van der Waals surface area contributed by atoms with E-state index in [2.05, 4.69) is 4.90 Å². The molecule has 3 saturated heterocycles. The van der Waals surface area contributed by atoms with Crippen LogP contribution >= 0.6 is 0 Å². The lowest BCUT2D eigenvalue weighted by Gasteiger charge is -2.60. The first kappa shape index (κ1) is 35.1. The number of aliphatic hydroxyl groups is 1. The number of piperidine rings is 1. The van der Waals surface area contributed by atoms with E-state index in [0.717, 1.165) is 75.8 Å². The molecule has 5 heterocycles. The number of benzene rings is 1. The molecule has 53 heavy (non-hydrogen) atoms. The second-order valence-corrected chi connectivity index (χ2v) is 17.2. The van der Waals surface area contributed by atoms with Gasteiger partial charge in [0.25, 0.3) is 0 Å². The van der Waals surface area contributed by atoms with Crippen molar-refractivity contribution >= 4 is 28.6 Å². The molecule has 3 aliphatic heterocycles. The highest BCUT2D eigenvalue weighted by atomic mass is 19.1. The van der Waals surface area contributed by atoms with Crippen molar-refractivity contribution in [1.82, 2.24) is 19.9 Å². The van der Waals surface area contributed by atoms with Crippen LogP contribution in [-0.4, -0.2) is 109 Å². The fourth-order valence-electron chi connectivity index (χ4n) is 10.5. The van der Waals surface area contributed by atoms with Gasteiger partial charge in [0.15, 0.2) is 5.82 Å². The summed E-state index contributed by atoms with van der Waals surface area (Å²) in [6, 6.07) is 2.97. The molecular weight excluding hydrogens is 677 g/mol. The third-order valence-electron chi connectivity index (χ3n) is 13.1. The van der Waals surface area contributed by atoms with Crippen LogP contribution in [0.5, 0.6) is 11.9 Å². The number of likely N-dealkylation sites (tertiary alicyclic amines) is 1. The summed E-state index contributed by atoms with van der Waals surface area (Å²) >= 11 is 0. The fraction of sp³-hybridized carbons (Fsp3) is 0.650. The summed E-state index contributed by atoms with van der Waals surface area (Å²) in [7, 11) is 1.50. The molecule has 0 radical (unpaired) electrons. The third kappa shape index (κ3) is 5.93. The second-order valence-electron chi connectivity index (χ2n) is 17.2. The highest BCUT2D eigenvalue weighted by molar-refractivity contribution is 6.01. The molecule has 3 aliphatic carbocycles. The van der Waals surface area contributed by atoms with Crippen molar-refractivity contribution in [3.05, 3.63) is 28.6 Å². The monoisotopic (exact) mass is 729 g/mol. The van der Waals surface area contributed by atoms with E-state index in [4.69, 9.17) is 45.0 Å². The standard InChI is InChI=1S/C40H52FN7O5/c1-23-14-27(43)26(17-42)30(29(23)24-7-8-24)33-32(41)34-31(36(44-33)50-3)35(47-12-13-51-19-38(2,49)18-47)46-37(45-34)53-22-40-9-4-6-28(40)48(11-5-10-40)25-15-39(16-25)20-52-21-39/h14,17,24-25,28,42,49H,4-13,15-16,18-22,43H2,1-3H3. The Labute approximate surface area is 310 Å². The number of rotatable bonds is 9. The average molecular weight is 730 g/mol. The Morgan fingerprint density at radius 1 is 1.09 bits per heavy atom. The van der Waals surface area contributed by atoms with Gasteiger partial charge in [-0.2, -0.15) is 9.97 Å². The van der Waals surface area contributed by atoms with Gasteiger partial charge in [0.1, 0.15) is 28.0 Å². The SMILES string of the molecule is COc1nc(-c2c(C=N)c(N)cc(C)c2C2CC2)c(F)c2nc(OCC34CCCC3N(C3CC5(COC5)C3)CCC4)nc(N3CCOCC(C)(O)C3)c12. The Morgan fingerprint density at radius 2 is 1.89 bits per heavy atom. The zero-order valence-electron chi connectivity index (χ0n) is 31.2. The highest BCUT2D eigenvalue weighted by Gasteiger charge is 2.57. The predicted molar refractivity (Wildman–Crippen MR) is 200 cm³/mol. The van der Waals surface area contributed by atoms with Crippen molar-refractivity contribution in [2.45, 2.75) is 95.2 Å². The normalized spacial score (nSPS) is 28.7. The molecule has 2 aromatic heterocycles. The predicted octanol–water partition coefficient (Wildman–Crippen LogP) is 5.39. The van der Waals surface area contributed by atoms with Crippen molar-refractivity contribution in [1.29, 1.82) is 5.41 Å². The van der Waals surface area contributed by atoms with Crippen molar-refractivity contribution < 1.29 is 28.4 Å². The van der Waals surface area contributed by atoms with Gasteiger partial charge in [-0.1, -0.05) is 6.42 Å². The lowest BCUT2D eigenvalue weighted by atomic mass is 9.62. The van der Waals surface area contributed by atoms with Gasteiger partial charge in [-0.15, -0.1) is 0 Å². The minimum absolute atomic E-state index is 0.0163. The number of nitrogens with two attached hydrogens (primary N) is 1. The summed E-state index contributed by atoms with van der Waals surface area (Å²) < 4.78 is 41.4. The van der Waals surface area contributed by atoms with Crippen LogP contribution in [0.15, 0.2) is 6.07 Å². The quantitative estimate of drug-likeness (QED) is 0.192. The van der Waals surface area contributed by atoms with Gasteiger partial charge in [-0.25, -0.2) is 9.37 Å². The lowest BCUT2D eigenvalue weighted by molar-refractivity contribution is -0.196. The molecule has 9 rings (SSSR count). The van der Waals surface area contributed by atoms with E-state index >= 15 is 4.39 Å². The molecule has 1 aromatic carbocycles. The van der Waals surface area contributed by atoms with Crippen molar-refractivity contribution in [2.24, 2.45) is 10.8 Å². The molecule has 3 unspecified atom stereocenters. The van der Waals surface area contributed by atoms with E-state index in [9.17, 15) is 5.11 Å². The number of aromatic nitrogens is 3. The molecule has 284 valence electrons. The first-order valence-electron chi connectivity index (χ1n) is 19.4. The maximum absolute atomic E-state index is 17.5. The summed E-state index contributed by atoms with van der Waals surface area (Å²) in [6.07, 6.45) is 11.1. The zero-order valence-corrected chi connectivity index (χ0v) is 31.2. The second kappa shape index (κ2) is 13.0. The largest absolute Gasteiger partial charge is 0.480 e. The molecule has 3 atom stereocenters. The van der Waals surface area contributed by atoms with Crippen LogP contribution in [0.1, 0.15) is 87.3 Å². The lowest BCUT2D eigenvalue weighted by Crippen LogP contribution is -2.64.